The number of primary amides is 1. The summed E-state index contributed by atoms with van der Waals surface area (Å²) < 4.78 is 5.08. The molecule has 0 aromatic carbocycles. The molecule has 0 spiro atoms. The van der Waals surface area contributed by atoms with Crippen molar-refractivity contribution in [3.63, 3.8) is 0 Å². The molecule has 2 heterocycles. The van der Waals surface area contributed by atoms with E-state index < -0.39 is 30.0 Å². The smallest absolute Gasteiger partial charge is 0.328 e. The lowest BCUT2D eigenvalue weighted by Crippen LogP contribution is -2.58. The summed E-state index contributed by atoms with van der Waals surface area (Å²) >= 11 is 0. The Labute approximate surface area is 110 Å². The molecule has 0 aliphatic carbocycles. The number of amides is 3. The normalized spacial score (nSPS) is 27.4. The van der Waals surface area contributed by atoms with Gasteiger partial charge < -0.3 is 25.4 Å². The Morgan fingerprint density at radius 2 is 1.84 bits per heavy atom. The molecular formula is C11H17N3O5. The maximum atomic E-state index is 12.4. The van der Waals surface area contributed by atoms with Crippen LogP contribution in [0.4, 0.5) is 4.79 Å². The minimum Gasteiger partial charge on any atom is -0.480 e. The number of hydrogen-bond donors (Lipinski definition) is 2. The summed E-state index contributed by atoms with van der Waals surface area (Å²) in [5.74, 6) is -1.66. The molecule has 0 aromatic rings. The predicted molar refractivity (Wildman–Crippen MR) is 63.3 cm³/mol. The van der Waals surface area contributed by atoms with E-state index in [2.05, 4.69) is 0 Å². The van der Waals surface area contributed by atoms with E-state index in [0.29, 0.717) is 26.0 Å². The zero-order chi connectivity index (χ0) is 14.0. The van der Waals surface area contributed by atoms with Gasteiger partial charge in [0.15, 0.2) is 6.04 Å². The lowest BCUT2D eigenvalue weighted by atomic mass is 10.2. The number of ether oxygens (including phenoxy) is 1. The van der Waals surface area contributed by atoms with E-state index >= 15 is 0 Å². The van der Waals surface area contributed by atoms with Crippen molar-refractivity contribution in [2.75, 3.05) is 26.3 Å². The predicted octanol–water partition coefficient (Wildman–Crippen LogP) is -1.16. The molecule has 0 saturated carbocycles. The number of carboxylic acid groups (broad SMARTS) is 1. The Morgan fingerprint density at radius 3 is 2.47 bits per heavy atom. The van der Waals surface area contributed by atoms with Crippen molar-refractivity contribution >= 4 is 17.9 Å². The van der Waals surface area contributed by atoms with Gasteiger partial charge in [0, 0.05) is 13.1 Å². The summed E-state index contributed by atoms with van der Waals surface area (Å²) in [6.07, 6.45) is 1.23. The fraction of sp³-hybridized carbons (Fsp3) is 0.727. The Hall–Kier alpha value is -1.83. The highest BCUT2D eigenvalue weighted by atomic mass is 16.5. The largest absolute Gasteiger partial charge is 0.480 e. The summed E-state index contributed by atoms with van der Waals surface area (Å²) in [6, 6.07) is -2.09. The van der Waals surface area contributed by atoms with Crippen LogP contribution in [0.5, 0.6) is 0 Å². The zero-order valence-electron chi connectivity index (χ0n) is 10.4. The number of carboxylic acids is 1. The Kier molecular flexibility index (Phi) is 3.89. The van der Waals surface area contributed by atoms with Gasteiger partial charge in [0.1, 0.15) is 6.04 Å². The fourth-order valence-electron chi connectivity index (χ4n) is 2.49. The topological polar surface area (TPSA) is 113 Å². The van der Waals surface area contributed by atoms with E-state index in [1.54, 1.807) is 0 Å². The number of aliphatic carboxylic acids is 1. The first-order valence-electron chi connectivity index (χ1n) is 6.19. The molecule has 2 aliphatic rings. The summed E-state index contributed by atoms with van der Waals surface area (Å²) in [6.45, 7) is 0.897. The molecule has 2 fully saturated rings. The molecule has 3 amide bonds. The van der Waals surface area contributed by atoms with Crippen molar-refractivity contribution in [1.82, 2.24) is 9.80 Å². The number of nitrogens with two attached hydrogens (primary N) is 1. The second-order valence-electron chi connectivity index (χ2n) is 4.66. The first kappa shape index (κ1) is 13.6. The number of carbonyl (C=O) groups excluding carboxylic acids is 2. The molecule has 0 radical (unpaired) electrons. The highest BCUT2D eigenvalue weighted by Gasteiger charge is 2.40. The summed E-state index contributed by atoms with van der Waals surface area (Å²) in [5.41, 5.74) is 5.26. The van der Waals surface area contributed by atoms with Crippen LogP contribution in [0.25, 0.3) is 0 Å². The zero-order valence-corrected chi connectivity index (χ0v) is 10.4. The molecule has 0 aromatic heterocycles. The first-order valence-corrected chi connectivity index (χ1v) is 6.19. The van der Waals surface area contributed by atoms with Crippen LogP contribution < -0.4 is 5.73 Å². The van der Waals surface area contributed by atoms with Crippen LogP contribution in [0.2, 0.25) is 0 Å². The fourth-order valence-corrected chi connectivity index (χ4v) is 2.49. The number of likely N-dealkylation sites (tertiary alicyclic amines) is 1. The molecule has 2 aliphatic heterocycles. The minimum absolute atomic E-state index is 0.0316. The molecule has 2 atom stereocenters. The van der Waals surface area contributed by atoms with Gasteiger partial charge in [0.05, 0.1) is 13.2 Å². The third-order valence-electron chi connectivity index (χ3n) is 3.49. The van der Waals surface area contributed by atoms with Crippen molar-refractivity contribution in [2.45, 2.75) is 24.9 Å². The van der Waals surface area contributed by atoms with Crippen molar-refractivity contribution in [2.24, 2.45) is 5.73 Å². The van der Waals surface area contributed by atoms with Gasteiger partial charge in [-0.3, -0.25) is 4.79 Å². The number of nitrogens with zero attached hydrogens (tertiary/aromatic N) is 2. The van der Waals surface area contributed by atoms with Crippen LogP contribution in [-0.4, -0.2) is 71.2 Å². The average Bonchev–Trinajstić information content (AvgIpc) is 2.87. The van der Waals surface area contributed by atoms with Crippen LogP contribution in [0, 0.1) is 0 Å². The van der Waals surface area contributed by atoms with E-state index in [-0.39, 0.29) is 13.2 Å². The van der Waals surface area contributed by atoms with E-state index in [4.69, 9.17) is 15.6 Å². The maximum Gasteiger partial charge on any atom is 0.328 e. The Balaban J connectivity index is 2.13. The molecular weight excluding hydrogens is 254 g/mol. The second-order valence-corrected chi connectivity index (χ2v) is 4.66. The number of urea groups is 1. The van der Waals surface area contributed by atoms with Gasteiger partial charge in [-0.05, 0) is 12.8 Å². The number of rotatable bonds is 2. The second kappa shape index (κ2) is 5.43. The van der Waals surface area contributed by atoms with Crippen LogP contribution in [-0.2, 0) is 14.3 Å². The highest BCUT2D eigenvalue weighted by molar-refractivity contribution is 5.88. The van der Waals surface area contributed by atoms with Crippen molar-refractivity contribution in [3.8, 4) is 0 Å². The maximum absolute atomic E-state index is 12.4. The van der Waals surface area contributed by atoms with Crippen LogP contribution >= 0.6 is 0 Å². The summed E-state index contributed by atoms with van der Waals surface area (Å²) in [7, 11) is 0. The lowest BCUT2D eigenvalue weighted by Gasteiger charge is -2.36. The standard InChI is InChI=1S/C11H17N3O5/c12-9(15)7-2-1-3-13(7)11(18)14-4-5-19-6-8(14)10(16)17/h7-8H,1-6H2,(H2,12,15)(H,16,17). The number of hydrogen-bond acceptors (Lipinski definition) is 4. The Morgan fingerprint density at radius 1 is 1.16 bits per heavy atom. The third kappa shape index (κ3) is 2.62. The van der Waals surface area contributed by atoms with Gasteiger partial charge >= 0.3 is 12.0 Å². The number of carbonyl (C=O) groups is 3. The van der Waals surface area contributed by atoms with E-state index in [1.165, 1.54) is 9.80 Å². The summed E-state index contributed by atoms with van der Waals surface area (Å²) in [5, 5.41) is 9.09. The van der Waals surface area contributed by atoms with Crippen molar-refractivity contribution < 1.29 is 24.2 Å². The van der Waals surface area contributed by atoms with E-state index in [0.717, 1.165) is 0 Å². The lowest BCUT2D eigenvalue weighted by molar-refractivity contribution is -0.147. The molecule has 8 heteroatoms. The number of morpholine rings is 1. The van der Waals surface area contributed by atoms with Gasteiger partial charge in [-0.25, -0.2) is 9.59 Å². The monoisotopic (exact) mass is 271 g/mol. The third-order valence-corrected chi connectivity index (χ3v) is 3.49. The van der Waals surface area contributed by atoms with Gasteiger partial charge in [0.2, 0.25) is 5.91 Å². The molecule has 106 valence electrons. The Bertz CT molecular complexity index is 400. The minimum atomic E-state index is -1.11. The van der Waals surface area contributed by atoms with Gasteiger partial charge in [-0.2, -0.15) is 0 Å². The van der Waals surface area contributed by atoms with Crippen molar-refractivity contribution in [3.05, 3.63) is 0 Å². The van der Waals surface area contributed by atoms with Gasteiger partial charge in [0.25, 0.3) is 0 Å². The molecule has 2 unspecified atom stereocenters. The molecule has 2 saturated heterocycles. The molecule has 2 rings (SSSR count). The van der Waals surface area contributed by atoms with E-state index in [9.17, 15) is 14.4 Å². The van der Waals surface area contributed by atoms with Gasteiger partial charge in [-0.15, -0.1) is 0 Å². The first-order chi connectivity index (χ1) is 9.02. The molecule has 19 heavy (non-hydrogen) atoms. The van der Waals surface area contributed by atoms with Crippen LogP contribution in [0.3, 0.4) is 0 Å². The van der Waals surface area contributed by atoms with Crippen molar-refractivity contribution in [1.29, 1.82) is 0 Å². The highest BCUT2D eigenvalue weighted by Crippen LogP contribution is 2.21. The molecule has 8 nitrogen and oxygen atoms in total. The van der Waals surface area contributed by atoms with Crippen LogP contribution in [0.1, 0.15) is 12.8 Å². The van der Waals surface area contributed by atoms with Gasteiger partial charge in [-0.1, -0.05) is 0 Å². The van der Waals surface area contributed by atoms with Crippen LogP contribution in [0.15, 0.2) is 0 Å². The van der Waals surface area contributed by atoms with E-state index in [1.807, 2.05) is 0 Å². The quantitative estimate of drug-likeness (QED) is 0.657. The SMILES string of the molecule is NC(=O)C1CCCN1C(=O)N1CCOCC1C(=O)O. The molecule has 3 N–H and O–H groups in total. The average molecular weight is 271 g/mol. The summed E-state index contributed by atoms with van der Waals surface area (Å²) in [4.78, 5) is 37.4. The molecule has 0 bridgehead atoms.